The van der Waals surface area contributed by atoms with Gasteiger partial charge in [0.2, 0.25) is 17.5 Å². The van der Waals surface area contributed by atoms with Crippen LogP contribution in [0.4, 0.5) is 0 Å². The van der Waals surface area contributed by atoms with Gasteiger partial charge >= 0.3 is 5.97 Å². The van der Waals surface area contributed by atoms with Crippen molar-refractivity contribution in [3.8, 4) is 45.8 Å². The Bertz CT molecular complexity index is 2400. The number of carbonyl (C=O) groups excluding carboxylic acids is 1. The highest BCUT2D eigenvalue weighted by Crippen LogP contribution is 2.40. The van der Waals surface area contributed by atoms with E-state index in [-0.39, 0.29) is 16.9 Å². The molecule has 0 unspecified atom stereocenters. The lowest BCUT2D eigenvalue weighted by Crippen LogP contribution is -2.64. The van der Waals surface area contributed by atoms with Gasteiger partial charge < -0.3 is 104 Å². The van der Waals surface area contributed by atoms with Gasteiger partial charge in [-0.05, 0) is 48.9 Å². The van der Waals surface area contributed by atoms with Crippen molar-refractivity contribution in [1.29, 1.82) is 0 Å². The lowest BCUT2D eigenvalue weighted by molar-refractivity contribution is -0.361. The quantitative estimate of drug-likeness (QED) is 0.0419. The van der Waals surface area contributed by atoms with Crippen LogP contribution in [0, 0.1) is 0 Å². The maximum atomic E-state index is 14.2. The van der Waals surface area contributed by atoms with E-state index in [1.807, 2.05) is 0 Å². The van der Waals surface area contributed by atoms with Gasteiger partial charge in [0.05, 0.1) is 19.3 Å². The molecule has 15 atom stereocenters. The second-order valence-corrected chi connectivity index (χ2v) is 15.4. The van der Waals surface area contributed by atoms with Crippen molar-refractivity contribution >= 4 is 23.0 Å². The van der Waals surface area contributed by atoms with Gasteiger partial charge in [-0.2, -0.15) is 0 Å². The Labute approximate surface area is 365 Å². The molecule has 3 aromatic carbocycles. The lowest BCUT2D eigenvalue weighted by Gasteiger charge is -2.46. The number of hydrogen-bond acceptors (Lipinski definition) is 23. The van der Waals surface area contributed by atoms with Gasteiger partial charge in [-0.3, -0.25) is 4.79 Å². The molecule has 0 bridgehead atoms. The zero-order valence-corrected chi connectivity index (χ0v) is 33.8. The van der Waals surface area contributed by atoms with Crippen LogP contribution >= 0.6 is 0 Å². The number of hydrogen-bond donors (Lipinski definition) is 13. The second kappa shape index (κ2) is 19.4. The minimum atomic E-state index is -2.12. The summed E-state index contributed by atoms with van der Waals surface area (Å²) < 4.78 is 45.8. The third-order valence-corrected chi connectivity index (χ3v) is 10.9. The molecule has 3 aliphatic heterocycles. The topological polar surface area (TPSA) is 375 Å². The highest BCUT2D eigenvalue weighted by atomic mass is 16.8. The highest BCUT2D eigenvalue weighted by molar-refractivity contribution is 5.89. The van der Waals surface area contributed by atoms with Gasteiger partial charge in [-0.25, -0.2) is 4.79 Å². The van der Waals surface area contributed by atoms with Crippen LogP contribution in [0.25, 0.3) is 28.4 Å². The summed E-state index contributed by atoms with van der Waals surface area (Å²) in [5, 5.41) is 136. The van der Waals surface area contributed by atoms with Gasteiger partial charge in [-0.15, -0.1) is 0 Å². The van der Waals surface area contributed by atoms with E-state index in [0.717, 1.165) is 30.3 Å². The molecular formula is C42H46O23. The van der Waals surface area contributed by atoms with Crippen molar-refractivity contribution in [2.45, 2.75) is 99.0 Å². The van der Waals surface area contributed by atoms with Gasteiger partial charge in [0, 0.05) is 23.8 Å². The van der Waals surface area contributed by atoms with Crippen LogP contribution in [-0.4, -0.2) is 178 Å². The minimum Gasteiger partial charge on any atom is -0.508 e. The Morgan fingerprint density at radius 3 is 2.06 bits per heavy atom. The molecule has 0 saturated carbocycles. The fraction of sp³-hybridized carbons (Fsp3) is 0.429. The Hall–Kier alpha value is -5.64. The summed E-state index contributed by atoms with van der Waals surface area (Å²) in [4.78, 5) is 27.4. The highest BCUT2D eigenvalue weighted by Gasteiger charge is 2.52. The minimum absolute atomic E-state index is 0.0530. The van der Waals surface area contributed by atoms with Crippen LogP contribution < -0.4 is 10.2 Å². The third-order valence-electron chi connectivity index (χ3n) is 10.9. The Morgan fingerprint density at radius 1 is 0.677 bits per heavy atom. The number of phenolic OH excluding ortho intramolecular Hbond substituents is 5. The van der Waals surface area contributed by atoms with Crippen LogP contribution in [0.2, 0.25) is 0 Å². The summed E-state index contributed by atoms with van der Waals surface area (Å²) in [6, 6.07) is 10.6. The van der Waals surface area contributed by atoms with Crippen LogP contribution in [0.5, 0.6) is 34.5 Å². The first-order chi connectivity index (χ1) is 30.9. The van der Waals surface area contributed by atoms with E-state index in [1.54, 1.807) is 0 Å². The van der Waals surface area contributed by atoms with Gasteiger partial charge in [0.1, 0.15) is 89.3 Å². The second-order valence-electron chi connectivity index (χ2n) is 15.4. The van der Waals surface area contributed by atoms with E-state index >= 15 is 0 Å². The average Bonchev–Trinajstić information content (AvgIpc) is 3.27. The van der Waals surface area contributed by atoms with Crippen molar-refractivity contribution in [1.82, 2.24) is 0 Å². The summed E-state index contributed by atoms with van der Waals surface area (Å²) in [5.74, 6) is -5.04. The lowest BCUT2D eigenvalue weighted by atomic mass is 9.97. The summed E-state index contributed by atoms with van der Waals surface area (Å²) in [6.45, 7) is -0.254. The first-order valence-electron chi connectivity index (χ1n) is 19.9. The fourth-order valence-electron chi connectivity index (χ4n) is 7.35. The average molecular weight is 919 g/mol. The molecule has 3 aliphatic rings. The molecule has 3 fully saturated rings. The molecule has 13 N–H and O–H groups in total. The Morgan fingerprint density at radius 2 is 1.37 bits per heavy atom. The molecule has 23 heteroatoms. The van der Waals surface area contributed by atoms with Crippen molar-refractivity contribution in [2.75, 3.05) is 13.2 Å². The van der Waals surface area contributed by atoms with E-state index in [0.29, 0.717) is 5.56 Å². The summed E-state index contributed by atoms with van der Waals surface area (Å²) in [5.41, 5.74) is -1.20. The zero-order chi connectivity index (χ0) is 47.0. The molecule has 4 heterocycles. The molecule has 0 amide bonds. The fourth-order valence-corrected chi connectivity index (χ4v) is 7.35. The number of aliphatic hydroxyl groups excluding tert-OH is 8. The van der Waals surface area contributed by atoms with E-state index in [4.69, 9.17) is 37.6 Å². The number of carbonyl (C=O) groups is 1. The first kappa shape index (κ1) is 47.3. The molecule has 352 valence electrons. The monoisotopic (exact) mass is 918 g/mol. The molecule has 0 spiro atoms. The van der Waals surface area contributed by atoms with Crippen LogP contribution in [0.1, 0.15) is 12.5 Å². The van der Waals surface area contributed by atoms with Crippen LogP contribution in [-0.2, 0) is 33.2 Å². The number of benzene rings is 3. The molecule has 0 aliphatic carbocycles. The number of fused-ring (bicyclic) bond motifs is 1. The van der Waals surface area contributed by atoms with E-state index in [1.165, 1.54) is 43.3 Å². The van der Waals surface area contributed by atoms with Gasteiger partial charge in [0.15, 0.2) is 35.9 Å². The maximum absolute atomic E-state index is 14.2. The smallest absolute Gasteiger partial charge is 0.331 e. The summed E-state index contributed by atoms with van der Waals surface area (Å²) in [7, 11) is 0. The largest absolute Gasteiger partial charge is 0.508 e. The van der Waals surface area contributed by atoms with Gasteiger partial charge in [0.25, 0.3) is 0 Å². The normalized spacial score (nSPS) is 33.0. The number of esters is 1. The molecule has 65 heavy (non-hydrogen) atoms. The van der Waals surface area contributed by atoms with Gasteiger partial charge in [-0.1, -0.05) is 12.1 Å². The molecule has 3 saturated heterocycles. The third kappa shape index (κ3) is 9.83. The number of aliphatic hydroxyl groups is 8. The zero-order valence-electron chi connectivity index (χ0n) is 33.8. The maximum Gasteiger partial charge on any atom is 0.331 e. The predicted molar refractivity (Wildman–Crippen MR) is 214 cm³/mol. The SMILES string of the molecule is C[C@@H]1O[C@@H](OC[C@H]2O[C@@H](Oc3c(-c4ccc(O)c(O)c4)oc4cc(O)cc(O)c4c3=O)[C@H](OC(=O)/C=C/c3ccc(O)cc3)[C@@H](O)[C@@H]2O)[C@H](O)[C@H](O[C@@H]2O[C@H](CO)[C@@H](O)[C@H](O)[C@H]2O)[C@H]1O. The van der Waals surface area contributed by atoms with Crippen molar-refractivity contribution in [2.24, 2.45) is 0 Å². The molecule has 23 nitrogen and oxygen atoms in total. The van der Waals surface area contributed by atoms with Crippen LogP contribution in [0.15, 0.2) is 69.9 Å². The van der Waals surface area contributed by atoms with Crippen molar-refractivity contribution < 1.29 is 109 Å². The molecule has 1 aromatic heterocycles. The Balaban J connectivity index is 1.19. The molecule has 7 rings (SSSR count). The number of phenols is 5. The standard InChI is InChI=1S/C42H46O23/c1-15-28(50)37(64-41-34(56)32(54)29(51)24(13-43)61-41)35(57)40(59-15)58-14-25-30(52)33(55)39(63-26(49)9-4-16-2-6-18(44)7-3-16)42(62-25)65-38-31(53)27-22(48)11-19(45)12-23(27)60-36(38)17-5-8-20(46)21(47)10-17/h2-12,15,24-25,28-30,32-35,37,39-48,50-52,54-57H,13-14H2,1H3/b9-4+/t15-,24+,25+,28-,29+,30+,32-,33-,34+,35+,37+,39+,40+,41-,42-/m0/s1. The molecule has 4 aromatic rings. The van der Waals surface area contributed by atoms with Crippen molar-refractivity contribution in [3.63, 3.8) is 0 Å². The first-order valence-corrected chi connectivity index (χ1v) is 19.9. The Kier molecular flexibility index (Phi) is 14.2. The number of ether oxygens (including phenoxy) is 7. The molecule has 0 radical (unpaired) electrons. The summed E-state index contributed by atoms with van der Waals surface area (Å²) in [6.07, 6.45) is -24.6. The van der Waals surface area contributed by atoms with E-state index in [2.05, 4.69) is 0 Å². The number of aromatic hydroxyl groups is 5. The van der Waals surface area contributed by atoms with E-state index < -0.39 is 157 Å². The van der Waals surface area contributed by atoms with E-state index in [9.17, 15) is 76.0 Å². The molecular weight excluding hydrogens is 872 g/mol. The van der Waals surface area contributed by atoms with Crippen molar-refractivity contribution in [3.05, 3.63) is 76.5 Å². The number of rotatable bonds is 12. The predicted octanol–water partition coefficient (Wildman–Crippen LogP) is -1.89. The summed E-state index contributed by atoms with van der Waals surface area (Å²) >= 11 is 0. The van der Waals surface area contributed by atoms with Crippen LogP contribution in [0.3, 0.4) is 0 Å².